The SMILES string of the molecule is O=c1[nH]c2nc3c(nn2/c1=C/c1ccc([N+](=O)[O-])cc1)CCC=3. The van der Waals surface area contributed by atoms with Gasteiger partial charge in [0.15, 0.2) is 0 Å². The molecule has 2 aromatic heterocycles. The molecule has 1 aliphatic carbocycles. The van der Waals surface area contributed by atoms with E-state index in [1.165, 1.54) is 16.6 Å². The highest BCUT2D eigenvalue weighted by atomic mass is 16.6. The van der Waals surface area contributed by atoms with Crippen molar-refractivity contribution < 1.29 is 4.92 Å². The molecule has 1 aromatic carbocycles. The minimum Gasteiger partial charge on any atom is -0.289 e. The molecule has 114 valence electrons. The number of fused-ring (bicyclic) bond motifs is 2. The lowest BCUT2D eigenvalue weighted by Crippen LogP contribution is -2.28. The molecule has 0 amide bonds. The van der Waals surface area contributed by atoms with Crippen LogP contribution in [0.4, 0.5) is 5.69 Å². The maximum absolute atomic E-state index is 12.1. The topological polar surface area (TPSA) is 106 Å². The second kappa shape index (κ2) is 4.87. The molecule has 8 heteroatoms. The van der Waals surface area contributed by atoms with Crippen molar-refractivity contribution >= 4 is 23.6 Å². The van der Waals surface area contributed by atoms with Gasteiger partial charge in [0.05, 0.1) is 16.0 Å². The van der Waals surface area contributed by atoms with Gasteiger partial charge < -0.3 is 0 Å². The summed E-state index contributed by atoms with van der Waals surface area (Å²) in [7, 11) is 0. The predicted molar refractivity (Wildman–Crippen MR) is 82.3 cm³/mol. The maximum Gasteiger partial charge on any atom is 0.276 e. The average Bonchev–Trinajstić information content (AvgIpc) is 3.10. The number of nitrogens with zero attached hydrogens (tertiary/aromatic N) is 4. The van der Waals surface area contributed by atoms with Crippen molar-refractivity contribution in [1.82, 2.24) is 19.6 Å². The Kier molecular flexibility index (Phi) is 2.83. The molecule has 3 aromatic rings. The van der Waals surface area contributed by atoms with Gasteiger partial charge in [0, 0.05) is 12.1 Å². The predicted octanol–water partition coefficient (Wildman–Crippen LogP) is -0.119. The third-order valence-corrected chi connectivity index (χ3v) is 3.76. The zero-order valence-electron chi connectivity index (χ0n) is 11.9. The number of nitro groups is 1. The van der Waals surface area contributed by atoms with Gasteiger partial charge in [-0.05, 0) is 36.6 Å². The molecule has 0 saturated heterocycles. The first-order chi connectivity index (χ1) is 11.1. The second-order valence-corrected chi connectivity index (χ2v) is 5.25. The summed E-state index contributed by atoms with van der Waals surface area (Å²) < 4.78 is 1.49. The van der Waals surface area contributed by atoms with Gasteiger partial charge in [-0.1, -0.05) is 6.08 Å². The van der Waals surface area contributed by atoms with Crippen LogP contribution >= 0.6 is 0 Å². The lowest BCUT2D eigenvalue weighted by molar-refractivity contribution is -0.384. The molecule has 2 heterocycles. The van der Waals surface area contributed by atoms with Gasteiger partial charge in [0.25, 0.3) is 11.2 Å². The number of nitrogens with one attached hydrogen (secondary N) is 1. The number of aromatic amines is 1. The Hall–Kier alpha value is -3.29. The van der Waals surface area contributed by atoms with E-state index in [0.717, 1.165) is 23.9 Å². The van der Waals surface area contributed by atoms with E-state index in [4.69, 9.17) is 0 Å². The molecule has 0 aliphatic heterocycles. The number of H-pyrrole nitrogens is 1. The zero-order chi connectivity index (χ0) is 16.0. The van der Waals surface area contributed by atoms with Gasteiger partial charge >= 0.3 is 0 Å². The largest absolute Gasteiger partial charge is 0.289 e. The Labute approximate surface area is 128 Å². The first-order valence-electron chi connectivity index (χ1n) is 7.06. The molecular weight excluding hydrogens is 298 g/mol. The number of rotatable bonds is 2. The smallest absolute Gasteiger partial charge is 0.276 e. The minimum atomic E-state index is -0.464. The normalized spacial score (nSPS) is 14.0. The summed E-state index contributed by atoms with van der Waals surface area (Å²) >= 11 is 0. The van der Waals surface area contributed by atoms with Gasteiger partial charge in [-0.2, -0.15) is 9.61 Å². The lowest BCUT2D eigenvalue weighted by atomic mass is 10.2. The molecule has 23 heavy (non-hydrogen) atoms. The maximum atomic E-state index is 12.1. The van der Waals surface area contributed by atoms with E-state index in [9.17, 15) is 14.9 Å². The van der Waals surface area contributed by atoms with E-state index in [1.807, 2.05) is 6.08 Å². The van der Waals surface area contributed by atoms with Crippen LogP contribution in [0.5, 0.6) is 0 Å². The average molecular weight is 309 g/mol. The fraction of sp³-hybridized carbons (Fsp3) is 0.133. The van der Waals surface area contributed by atoms with Crippen molar-refractivity contribution in [2.24, 2.45) is 0 Å². The van der Waals surface area contributed by atoms with Crippen molar-refractivity contribution in [3.63, 3.8) is 0 Å². The van der Waals surface area contributed by atoms with Crippen LogP contribution in [0.15, 0.2) is 29.1 Å². The lowest BCUT2D eigenvalue weighted by Gasteiger charge is -1.96. The van der Waals surface area contributed by atoms with Crippen LogP contribution in [0.1, 0.15) is 17.7 Å². The van der Waals surface area contributed by atoms with Crippen molar-refractivity contribution in [3.05, 3.63) is 66.7 Å². The van der Waals surface area contributed by atoms with Crippen LogP contribution in [0.3, 0.4) is 0 Å². The minimum absolute atomic E-state index is 0.00391. The van der Waals surface area contributed by atoms with Crippen LogP contribution in [0, 0.1) is 10.1 Å². The van der Waals surface area contributed by atoms with Crippen molar-refractivity contribution in [3.8, 4) is 0 Å². The van der Waals surface area contributed by atoms with Gasteiger partial charge in [0.2, 0.25) is 5.78 Å². The highest BCUT2D eigenvalue weighted by Gasteiger charge is 2.11. The van der Waals surface area contributed by atoms with Crippen LogP contribution in [-0.4, -0.2) is 24.5 Å². The fourth-order valence-electron chi connectivity index (χ4n) is 2.62. The van der Waals surface area contributed by atoms with Gasteiger partial charge in [-0.25, -0.2) is 4.98 Å². The molecule has 1 aliphatic rings. The van der Waals surface area contributed by atoms with E-state index in [1.54, 1.807) is 18.2 Å². The Balaban J connectivity index is 1.91. The summed E-state index contributed by atoms with van der Waals surface area (Å²) in [6, 6.07) is 5.97. The fourth-order valence-corrected chi connectivity index (χ4v) is 2.62. The van der Waals surface area contributed by atoms with Crippen LogP contribution < -0.4 is 16.3 Å². The van der Waals surface area contributed by atoms with E-state index in [2.05, 4.69) is 15.1 Å². The standard InChI is InChI=1S/C15H11N5O3/c21-14-13(8-9-4-6-10(7-5-9)20(22)23)19-15(17-14)16-11-2-1-3-12(11)18-19/h2,4-8H,1,3H2,(H,16,17,21)/b13-8+. The van der Waals surface area contributed by atoms with Crippen LogP contribution in [-0.2, 0) is 6.42 Å². The molecular formula is C15H11N5O3. The number of imidazole rings is 1. The first kappa shape index (κ1) is 13.4. The van der Waals surface area contributed by atoms with Gasteiger partial charge in [-0.3, -0.25) is 19.9 Å². The monoisotopic (exact) mass is 309 g/mol. The number of hydrogen-bond donors (Lipinski definition) is 1. The summed E-state index contributed by atoms with van der Waals surface area (Å²) in [6.45, 7) is 0. The molecule has 1 N–H and O–H groups in total. The molecule has 4 rings (SSSR count). The van der Waals surface area contributed by atoms with Gasteiger partial charge in [-0.15, -0.1) is 0 Å². The molecule has 8 nitrogen and oxygen atoms in total. The second-order valence-electron chi connectivity index (χ2n) is 5.25. The van der Waals surface area contributed by atoms with Crippen molar-refractivity contribution in [2.75, 3.05) is 0 Å². The van der Waals surface area contributed by atoms with E-state index in [-0.39, 0.29) is 11.2 Å². The summed E-state index contributed by atoms with van der Waals surface area (Å²) in [5, 5.41) is 16.3. The van der Waals surface area contributed by atoms with Gasteiger partial charge in [0.1, 0.15) is 5.35 Å². The highest BCUT2D eigenvalue weighted by Crippen LogP contribution is 2.12. The molecule has 0 saturated carbocycles. The molecule has 0 radical (unpaired) electrons. The van der Waals surface area contributed by atoms with Crippen molar-refractivity contribution in [2.45, 2.75) is 12.8 Å². The zero-order valence-corrected chi connectivity index (χ0v) is 11.9. The Bertz CT molecular complexity index is 1110. The Morgan fingerprint density at radius 1 is 1.30 bits per heavy atom. The summed E-state index contributed by atoms with van der Waals surface area (Å²) in [5.41, 5.74) is 1.24. The highest BCUT2D eigenvalue weighted by molar-refractivity contribution is 5.51. The number of aryl methyl sites for hydroxylation is 1. The molecule has 0 atom stereocenters. The molecule has 0 spiro atoms. The van der Waals surface area contributed by atoms with Crippen LogP contribution in [0.25, 0.3) is 17.9 Å². The summed E-state index contributed by atoms with van der Waals surface area (Å²) in [6.07, 6.45) is 5.33. The Morgan fingerprint density at radius 3 is 2.83 bits per heavy atom. The number of benzene rings is 1. The summed E-state index contributed by atoms with van der Waals surface area (Å²) in [5.74, 6) is 0.389. The number of hydrogen-bond acceptors (Lipinski definition) is 5. The third-order valence-electron chi connectivity index (χ3n) is 3.76. The third kappa shape index (κ3) is 2.20. The van der Waals surface area contributed by atoms with E-state index in [0.29, 0.717) is 16.7 Å². The quantitative estimate of drug-likeness (QED) is 0.525. The van der Waals surface area contributed by atoms with E-state index >= 15 is 0 Å². The molecule has 0 fully saturated rings. The number of aromatic nitrogens is 4. The Morgan fingerprint density at radius 2 is 2.09 bits per heavy atom. The first-order valence-corrected chi connectivity index (χ1v) is 7.06. The number of nitro benzene ring substituents is 1. The van der Waals surface area contributed by atoms with Crippen molar-refractivity contribution in [1.29, 1.82) is 0 Å². The number of non-ortho nitro benzene ring substituents is 1. The molecule has 0 unspecified atom stereocenters. The van der Waals surface area contributed by atoms with Crippen LogP contribution in [0.2, 0.25) is 0 Å². The molecule has 0 bridgehead atoms. The summed E-state index contributed by atoms with van der Waals surface area (Å²) in [4.78, 5) is 29.4. The van der Waals surface area contributed by atoms with E-state index < -0.39 is 4.92 Å².